The van der Waals surface area contributed by atoms with Crippen LogP contribution in [0, 0.1) is 0 Å². The molecule has 3 rings (SSSR count). The number of benzene rings is 2. The summed E-state index contributed by atoms with van der Waals surface area (Å²) in [5.41, 5.74) is 2.35. The number of rotatable bonds is 4. The summed E-state index contributed by atoms with van der Waals surface area (Å²) < 4.78 is 5.18. The van der Waals surface area contributed by atoms with Crippen LogP contribution in [0.25, 0.3) is 0 Å². The highest BCUT2D eigenvalue weighted by Crippen LogP contribution is 2.21. The molecular weight excluding hydrogens is 330 g/mol. The lowest BCUT2D eigenvalue weighted by atomic mass is 10.1. The van der Waals surface area contributed by atoms with E-state index in [1.165, 1.54) is 6.92 Å². The Morgan fingerprint density at radius 3 is 2.31 bits per heavy atom. The summed E-state index contributed by atoms with van der Waals surface area (Å²) in [6.45, 7) is 4.34. The van der Waals surface area contributed by atoms with Crippen molar-refractivity contribution in [2.75, 3.05) is 43.5 Å². The lowest BCUT2D eigenvalue weighted by Gasteiger charge is -2.36. The van der Waals surface area contributed by atoms with Crippen molar-refractivity contribution in [3.8, 4) is 5.75 Å². The maximum atomic E-state index is 12.5. The first-order chi connectivity index (χ1) is 12.6. The predicted octanol–water partition coefficient (Wildman–Crippen LogP) is 3.25. The van der Waals surface area contributed by atoms with E-state index in [9.17, 15) is 9.59 Å². The van der Waals surface area contributed by atoms with Crippen molar-refractivity contribution in [3.63, 3.8) is 0 Å². The molecule has 1 heterocycles. The molecule has 0 unspecified atom stereocenters. The van der Waals surface area contributed by atoms with Gasteiger partial charge in [0.25, 0.3) is 0 Å². The van der Waals surface area contributed by atoms with Crippen LogP contribution in [0.5, 0.6) is 5.75 Å². The molecule has 2 aromatic rings. The van der Waals surface area contributed by atoms with Gasteiger partial charge in [0.05, 0.1) is 7.11 Å². The minimum Gasteiger partial charge on any atom is -0.497 e. The van der Waals surface area contributed by atoms with E-state index < -0.39 is 0 Å². The number of nitrogens with zero attached hydrogens (tertiary/aromatic N) is 2. The van der Waals surface area contributed by atoms with Gasteiger partial charge in [0, 0.05) is 43.1 Å². The van der Waals surface area contributed by atoms with Crippen molar-refractivity contribution in [1.82, 2.24) is 4.90 Å². The number of piperazine rings is 1. The number of carbonyl (C=O) groups is 2. The Labute approximate surface area is 153 Å². The van der Waals surface area contributed by atoms with Gasteiger partial charge in [-0.3, -0.25) is 4.79 Å². The fourth-order valence-electron chi connectivity index (χ4n) is 2.98. The first-order valence-electron chi connectivity index (χ1n) is 8.63. The van der Waals surface area contributed by atoms with Gasteiger partial charge in [-0.15, -0.1) is 0 Å². The molecule has 6 heteroatoms. The monoisotopic (exact) mass is 353 g/mol. The van der Waals surface area contributed by atoms with E-state index in [0.717, 1.165) is 24.5 Å². The number of ether oxygens (including phenoxy) is 1. The zero-order valence-corrected chi connectivity index (χ0v) is 15.1. The highest BCUT2D eigenvalue weighted by molar-refractivity contribution is 5.96. The Kier molecular flexibility index (Phi) is 5.41. The number of ketones is 1. The van der Waals surface area contributed by atoms with Gasteiger partial charge in [-0.2, -0.15) is 0 Å². The van der Waals surface area contributed by atoms with Crippen LogP contribution in [0.15, 0.2) is 48.5 Å². The molecule has 0 aromatic heterocycles. The SMILES string of the molecule is COc1ccc(N2CCN(C(=O)Nc3cccc(C(C)=O)c3)CC2)cc1. The summed E-state index contributed by atoms with van der Waals surface area (Å²) in [5, 5.41) is 2.88. The van der Waals surface area contributed by atoms with Crippen LogP contribution in [0.2, 0.25) is 0 Å². The van der Waals surface area contributed by atoms with E-state index in [4.69, 9.17) is 4.74 Å². The van der Waals surface area contributed by atoms with Crippen LogP contribution < -0.4 is 15.0 Å². The predicted molar refractivity (Wildman–Crippen MR) is 102 cm³/mol. The van der Waals surface area contributed by atoms with E-state index in [-0.39, 0.29) is 11.8 Å². The first kappa shape index (κ1) is 17.8. The summed E-state index contributed by atoms with van der Waals surface area (Å²) in [5.74, 6) is 0.814. The third kappa shape index (κ3) is 4.14. The van der Waals surface area contributed by atoms with Gasteiger partial charge in [-0.1, -0.05) is 12.1 Å². The van der Waals surface area contributed by atoms with Crippen LogP contribution in [0.1, 0.15) is 17.3 Å². The second-order valence-electron chi connectivity index (χ2n) is 6.24. The van der Waals surface area contributed by atoms with E-state index >= 15 is 0 Å². The molecule has 0 saturated carbocycles. The molecule has 0 radical (unpaired) electrons. The third-order valence-corrected chi connectivity index (χ3v) is 4.52. The van der Waals surface area contributed by atoms with Crippen molar-refractivity contribution in [1.29, 1.82) is 0 Å². The fourth-order valence-corrected chi connectivity index (χ4v) is 2.98. The molecule has 0 bridgehead atoms. The summed E-state index contributed by atoms with van der Waals surface area (Å²) >= 11 is 0. The largest absolute Gasteiger partial charge is 0.497 e. The lowest BCUT2D eigenvalue weighted by molar-refractivity contribution is 0.101. The first-order valence-corrected chi connectivity index (χ1v) is 8.63. The minimum absolute atomic E-state index is 0.0193. The number of Topliss-reactive ketones (excluding diaryl/α,β-unsaturated/α-hetero) is 1. The van der Waals surface area contributed by atoms with E-state index in [2.05, 4.69) is 10.2 Å². The third-order valence-electron chi connectivity index (χ3n) is 4.52. The minimum atomic E-state index is -0.139. The molecule has 1 aliphatic heterocycles. The zero-order chi connectivity index (χ0) is 18.5. The molecule has 0 spiro atoms. The van der Waals surface area contributed by atoms with E-state index in [1.807, 2.05) is 24.3 Å². The fraction of sp³-hybridized carbons (Fsp3) is 0.300. The van der Waals surface area contributed by atoms with Crippen LogP contribution >= 0.6 is 0 Å². The number of hydrogen-bond donors (Lipinski definition) is 1. The molecule has 1 saturated heterocycles. The highest BCUT2D eigenvalue weighted by atomic mass is 16.5. The molecule has 0 aliphatic carbocycles. The Morgan fingerprint density at radius 1 is 1.00 bits per heavy atom. The maximum absolute atomic E-state index is 12.5. The normalized spacial score (nSPS) is 14.1. The smallest absolute Gasteiger partial charge is 0.321 e. The average molecular weight is 353 g/mol. The molecule has 26 heavy (non-hydrogen) atoms. The van der Waals surface area contributed by atoms with Gasteiger partial charge >= 0.3 is 6.03 Å². The van der Waals surface area contributed by atoms with Crippen LogP contribution in [0.3, 0.4) is 0 Å². The molecule has 1 aliphatic rings. The zero-order valence-electron chi connectivity index (χ0n) is 15.1. The number of methoxy groups -OCH3 is 1. The van der Waals surface area contributed by atoms with E-state index in [1.54, 1.807) is 36.3 Å². The second kappa shape index (κ2) is 7.91. The Bertz CT molecular complexity index is 781. The molecule has 136 valence electrons. The van der Waals surface area contributed by atoms with Gasteiger partial charge in [0.2, 0.25) is 0 Å². The van der Waals surface area contributed by atoms with Crippen molar-refractivity contribution in [2.45, 2.75) is 6.92 Å². The Morgan fingerprint density at radius 2 is 1.69 bits per heavy atom. The quantitative estimate of drug-likeness (QED) is 0.857. The Balaban J connectivity index is 1.56. The summed E-state index contributed by atoms with van der Waals surface area (Å²) in [4.78, 5) is 28.0. The van der Waals surface area contributed by atoms with Crippen LogP contribution in [-0.2, 0) is 0 Å². The maximum Gasteiger partial charge on any atom is 0.321 e. The second-order valence-corrected chi connectivity index (χ2v) is 6.24. The highest BCUT2D eigenvalue weighted by Gasteiger charge is 2.21. The van der Waals surface area contributed by atoms with Crippen molar-refractivity contribution < 1.29 is 14.3 Å². The van der Waals surface area contributed by atoms with Gasteiger partial charge in [-0.25, -0.2) is 4.79 Å². The average Bonchev–Trinajstić information content (AvgIpc) is 2.68. The number of amides is 2. The molecule has 2 aromatic carbocycles. The number of nitrogens with one attached hydrogen (secondary N) is 1. The van der Waals surface area contributed by atoms with Crippen molar-refractivity contribution >= 4 is 23.2 Å². The Hall–Kier alpha value is -3.02. The topological polar surface area (TPSA) is 61.9 Å². The van der Waals surface area contributed by atoms with E-state index in [0.29, 0.717) is 24.3 Å². The molecule has 6 nitrogen and oxygen atoms in total. The van der Waals surface area contributed by atoms with Crippen LogP contribution in [0.4, 0.5) is 16.2 Å². The van der Waals surface area contributed by atoms with Gasteiger partial charge in [0.1, 0.15) is 5.75 Å². The molecular formula is C20H23N3O3. The van der Waals surface area contributed by atoms with Crippen molar-refractivity contribution in [2.24, 2.45) is 0 Å². The lowest BCUT2D eigenvalue weighted by Crippen LogP contribution is -2.50. The van der Waals surface area contributed by atoms with Gasteiger partial charge in [0.15, 0.2) is 5.78 Å². The summed E-state index contributed by atoms with van der Waals surface area (Å²) in [7, 11) is 1.65. The van der Waals surface area contributed by atoms with Crippen LogP contribution in [-0.4, -0.2) is 50.0 Å². The number of hydrogen-bond acceptors (Lipinski definition) is 4. The standard InChI is InChI=1S/C20H23N3O3/c1-15(24)16-4-3-5-17(14-16)21-20(25)23-12-10-22(11-13-23)18-6-8-19(26-2)9-7-18/h3-9,14H,10-13H2,1-2H3,(H,21,25). The number of carbonyl (C=O) groups excluding carboxylic acids is 2. The molecule has 1 N–H and O–H groups in total. The number of anilines is 2. The van der Waals surface area contributed by atoms with Crippen molar-refractivity contribution in [3.05, 3.63) is 54.1 Å². The van der Waals surface area contributed by atoms with Gasteiger partial charge < -0.3 is 19.9 Å². The van der Waals surface area contributed by atoms with Gasteiger partial charge in [-0.05, 0) is 43.3 Å². The summed E-state index contributed by atoms with van der Waals surface area (Å²) in [6, 6.07) is 14.8. The summed E-state index contributed by atoms with van der Waals surface area (Å²) in [6.07, 6.45) is 0. The number of urea groups is 1. The molecule has 0 atom stereocenters. The molecule has 1 fully saturated rings. The molecule has 2 amide bonds.